The molecule has 0 atom stereocenters. The van der Waals surface area contributed by atoms with Gasteiger partial charge in [0, 0.05) is 0 Å². The zero-order chi connectivity index (χ0) is 18.7. The van der Waals surface area contributed by atoms with Crippen LogP contribution in [0.5, 0.6) is 0 Å². The summed E-state index contributed by atoms with van der Waals surface area (Å²) in [6.45, 7) is 3.99. The van der Waals surface area contributed by atoms with E-state index in [0.29, 0.717) is 15.6 Å². The highest BCUT2D eigenvalue weighted by molar-refractivity contribution is 8.18. The molecule has 0 saturated carbocycles. The highest BCUT2D eigenvalue weighted by Gasteiger charge is 2.24. The van der Waals surface area contributed by atoms with Gasteiger partial charge in [-0.3, -0.25) is 4.79 Å². The average molecular weight is 366 g/mol. The van der Waals surface area contributed by atoms with Crippen LogP contribution in [-0.4, -0.2) is 24.2 Å². The summed E-state index contributed by atoms with van der Waals surface area (Å²) in [5, 5.41) is 3.36. The number of rotatable bonds is 3. The van der Waals surface area contributed by atoms with Gasteiger partial charge in [-0.2, -0.15) is 0 Å². The van der Waals surface area contributed by atoms with Gasteiger partial charge in [0.25, 0.3) is 5.91 Å². The number of hydrogen-bond donors (Lipinski definition) is 1. The molecule has 26 heavy (non-hydrogen) atoms. The number of benzene rings is 2. The van der Waals surface area contributed by atoms with Crippen LogP contribution in [0.15, 0.2) is 52.4 Å². The molecule has 1 saturated heterocycles. The molecule has 2 aromatic carbocycles. The van der Waals surface area contributed by atoms with E-state index in [1.807, 2.05) is 32.0 Å². The van der Waals surface area contributed by atoms with Gasteiger partial charge in [-0.05, 0) is 60.5 Å². The second kappa shape index (κ2) is 7.58. The molecule has 1 aliphatic heterocycles. The van der Waals surface area contributed by atoms with Crippen LogP contribution in [-0.2, 0) is 9.53 Å². The lowest BCUT2D eigenvalue weighted by atomic mass is 10.1. The Balaban J connectivity index is 1.82. The van der Waals surface area contributed by atoms with E-state index < -0.39 is 0 Å². The van der Waals surface area contributed by atoms with Gasteiger partial charge in [-0.15, -0.1) is 0 Å². The van der Waals surface area contributed by atoms with E-state index in [1.165, 1.54) is 18.9 Å². The molecule has 1 fully saturated rings. The van der Waals surface area contributed by atoms with Crippen LogP contribution in [0, 0.1) is 13.8 Å². The maximum Gasteiger partial charge on any atom is 0.337 e. The molecule has 2 aromatic rings. The summed E-state index contributed by atoms with van der Waals surface area (Å²) in [4.78, 5) is 28.8. The van der Waals surface area contributed by atoms with E-state index in [-0.39, 0.29) is 11.9 Å². The van der Waals surface area contributed by atoms with Gasteiger partial charge in [0.05, 0.1) is 23.3 Å². The number of carbonyl (C=O) groups is 2. The molecule has 5 nitrogen and oxygen atoms in total. The minimum Gasteiger partial charge on any atom is -0.465 e. The number of methoxy groups -OCH3 is 1. The van der Waals surface area contributed by atoms with Gasteiger partial charge in [0.1, 0.15) is 0 Å². The number of para-hydroxylation sites is 1. The van der Waals surface area contributed by atoms with Crippen LogP contribution in [0.25, 0.3) is 6.08 Å². The van der Waals surface area contributed by atoms with Crippen molar-refractivity contribution in [2.45, 2.75) is 13.8 Å². The second-order valence-corrected chi connectivity index (χ2v) is 6.87. The lowest BCUT2D eigenvalue weighted by molar-refractivity contribution is -0.115. The zero-order valence-electron chi connectivity index (χ0n) is 14.7. The topological polar surface area (TPSA) is 67.8 Å². The van der Waals surface area contributed by atoms with E-state index >= 15 is 0 Å². The Kier molecular flexibility index (Phi) is 5.23. The molecule has 132 valence electrons. The molecule has 1 N–H and O–H groups in total. The Bertz CT molecular complexity index is 910. The van der Waals surface area contributed by atoms with Crippen LogP contribution in [0.4, 0.5) is 5.69 Å². The molecule has 0 aliphatic carbocycles. The lowest BCUT2D eigenvalue weighted by Gasteiger charge is -2.04. The number of carbonyl (C=O) groups excluding carboxylic acids is 2. The van der Waals surface area contributed by atoms with E-state index in [1.54, 1.807) is 30.3 Å². The summed E-state index contributed by atoms with van der Waals surface area (Å²) < 4.78 is 4.68. The van der Waals surface area contributed by atoms with Crippen molar-refractivity contribution in [1.82, 2.24) is 5.32 Å². The van der Waals surface area contributed by atoms with Gasteiger partial charge in [-0.25, -0.2) is 9.79 Å². The number of amidine groups is 1. The van der Waals surface area contributed by atoms with Crippen molar-refractivity contribution in [3.8, 4) is 0 Å². The number of esters is 1. The van der Waals surface area contributed by atoms with Crippen molar-refractivity contribution in [2.24, 2.45) is 4.99 Å². The monoisotopic (exact) mass is 366 g/mol. The number of thioether (sulfide) groups is 1. The first-order valence-electron chi connectivity index (χ1n) is 8.02. The summed E-state index contributed by atoms with van der Waals surface area (Å²) in [5.74, 6) is -0.572. The van der Waals surface area contributed by atoms with E-state index in [2.05, 4.69) is 15.0 Å². The number of amides is 1. The Morgan fingerprint density at radius 2 is 1.77 bits per heavy atom. The van der Waals surface area contributed by atoms with Crippen LogP contribution < -0.4 is 5.32 Å². The fourth-order valence-corrected chi connectivity index (χ4v) is 3.38. The highest BCUT2D eigenvalue weighted by Crippen LogP contribution is 2.30. The third kappa shape index (κ3) is 3.86. The summed E-state index contributed by atoms with van der Waals surface area (Å²) in [7, 11) is 1.34. The Labute approximate surface area is 156 Å². The molecule has 0 bridgehead atoms. The molecule has 1 aliphatic rings. The fourth-order valence-electron chi connectivity index (χ4n) is 2.55. The van der Waals surface area contributed by atoms with E-state index in [4.69, 9.17) is 0 Å². The predicted molar refractivity (Wildman–Crippen MR) is 105 cm³/mol. The van der Waals surface area contributed by atoms with Gasteiger partial charge < -0.3 is 10.1 Å². The van der Waals surface area contributed by atoms with Crippen LogP contribution in [0.2, 0.25) is 0 Å². The highest BCUT2D eigenvalue weighted by atomic mass is 32.2. The maximum absolute atomic E-state index is 12.2. The largest absolute Gasteiger partial charge is 0.465 e. The van der Waals surface area contributed by atoms with Crippen molar-refractivity contribution in [3.63, 3.8) is 0 Å². The summed E-state index contributed by atoms with van der Waals surface area (Å²) >= 11 is 1.30. The van der Waals surface area contributed by atoms with Crippen molar-refractivity contribution in [2.75, 3.05) is 7.11 Å². The summed E-state index contributed by atoms with van der Waals surface area (Å²) in [6.07, 6.45) is 1.77. The fraction of sp³-hybridized carbons (Fsp3) is 0.150. The average Bonchev–Trinajstić information content (AvgIpc) is 2.97. The van der Waals surface area contributed by atoms with Gasteiger partial charge >= 0.3 is 5.97 Å². The number of aryl methyl sites for hydroxylation is 2. The first-order chi connectivity index (χ1) is 12.5. The molecule has 3 rings (SSSR count). The molecule has 1 amide bonds. The normalized spacial score (nSPS) is 16.8. The first kappa shape index (κ1) is 17.9. The van der Waals surface area contributed by atoms with Crippen molar-refractivity contribution in [1.29, 1.82) is 0 Å². The molecular weight excluding hydrogens is 348 g/mol. The van der Waals surface area contributed by atoms with Gasteiger partial charge in [0.2, 0.25) is 0 Å². The molecular formula is C20H18N2O3S. The first-order valence-corrected chi connectivity index (χ1v) is 8.84. The molecule has 6 heteroatoms. The van der Waals surface area contributed by atoms with Gasteiger partial charge in [-0.1, -0.05) is 30.3 Å². The molecule has 1 heterocycles. The van der Waals surface area contributed by atoms with Crippen molar-refractivity contribution < 1.29 is 14.3 Å². The smallest absolute Gasteiger partial charge is 0.337 e. The number of nitrogens with zero attached hydrogens (tertiary/aromatic N) is 1. The van der Waals surface area contributed by atoms with Crippen LogP contribution in [0.1, 0.15) is 27.0 Å². The third-order valence-electron chi connectivity index (χ3n) is 3.93. The van der Waals surface area contributed by atoms with E-state index in [0.717, 1.165) is 22.4 Å². The Morgan fingerprint density at radius 3 is 2.38 bits per heavy atom. The second-order valence-electron chi connectivity index (χ2n) is 5.84. The van der Waals surface area contributed by atoms with Crippen LogP contribution in [0.3, 0.4) is 0 Å². The lowest BCUT2D eigenvalue weighted by Crippen LogP contribution is -2.19. The SMILES string of the molecule is COC(=O)c1ccc(/C=C2\SC(=Nc3c(C)cccc3C)NC2=O)cc1. The number of nitrogens with one attached hydrogen (secondary N) is 1. The standard InChI is InChI=1S/C20H18N2O3S/c1-12-5-4-6-13(2)17(12)21-20-22-18(23)16(26-20)11-14-7-9-15(10-8-14)19(24)25-3/h4-11H,1-3H3,(H,21,22,23)/b16-11-. The zero-order valence-corrected chi connectivity index (χ0v) is 15.5. The van der Waals surface area contributed by atoms with Crippen molar-refractivity contribution in [3.05, 3.63) is 69.6 Å². The van der Waals surface area contributed by atoms with Crippen molar-refractivity contribution >= 4 is 40.6 Å². The summed E-state index contributed by atoms with van der Waals surface area (Å²) in [6, 6.07) is 12.9. The number of ether oxygens (including phenoxy) is 1. The quantitative estimate of drug-likeness (QED) is 0.659. The van der Waals surface area contributed by atoms with E-state index in [9.17, 15) is 9.59 Å². The molecule has 0 unspecified atom stereocenters. The van der Waals surface area contributed by atoms with Gasteiger partial charge in [0.15, 0.2) is 5.17 Å². The maximum atomic E-state index is 12.2. The molecule has 0 radical (unpaired) electrons. The summed E-state index contributed by atoms with van der Waals surface area (Å²) in [5.41, 5.74) is 4.28. The third-order valence-corrected chi connectivity index (χ3v) is 4.84. The minimum absolute atomic E-state index is 0.183. The predicted octanol–water partition coefficient (Wildman–Crippen LogP) is 3.98. The Hall–Kier alpha value is -2.86. The molecule has 0 spiro atoms. The van der Waals surface area contributed by atoms with Crippen LogP contribution >= 0.6 is 11.8 Å². The molecule has 0 aromatic heterocycles. The minimum atomic E-state index is -0.389. The Morgan fingerprint density at radius 1 is 1.12 bits per heavy atom. The number of aliphatic imine (C=N–C) groups is 1. The number of hydrogen-bond acceptors (Lipinski definition) is 5.